The minimum absolute atomic E-state index is 0.0727. The Balaban J connectivity index is 1.88. The second kappa shape index (κ2) is 10.2. The van der Waals surface area contributed by atoms with E-state index in [0.717, 1.165) is 36.5 Å². The zero-order chi connectivity index (χ0) is 18.9. The van der Waals surface area contributed by atoms with Gasteiger partial charge in [-0.3, -0.25) is 9.79 Å². The molecule has 2 atom stereocenters. The number of morpholine rings is 1. The Morgan fingerprint density at radius 3 is 2.42 bits per heavy atom. The van der Waals surface area contributed by atoms with Gasteiger partial charge in [0.2, 0.25) is 0 Å². The van der Waals surface area contributed by atoms with E-state index in [1.54, 1.807) is 7.05 Å². The monoisotopic (exact) mass is 360 g/mol. The highest BCUT2D eigenvalue weighted by atomic mass is 16.5. The molecule has 1 aromatic rings. The van der Waals surface area contributed by atoms with Crippen LogP contribution in [0.5, 0.6) is 0 Å². The Morgan fingerprint density at radius 2 is 1.85 bits per heavy atom. The molecule has 0 aromatic heterocycles. The quantitative estimate of drug-likeness (QED) is 0.464. The molecule has 144 valence electrons. The summed E-state index contributed by atoms with van der Waals surface area (Å²) in [4.78, 5) is 18.8. The molecule has 0 saturated carbocycles. The maximum absolute atomic E-state index is 12.7. The number of unbranched alkanes of at least 4 members (excludes halogenated alkanes) is 1. The van der Waals surface area contributed by atoms with E-state index >= 15 is 0 Å². The van der Waals surface area contributed by atoms with Crippen LogP contribution in [0, 0.1) is 0 Å². The first-order chi connectivity index (χ1) is 12.5. The average molecular weight is 361 g/mol. The largest absolute Gasteiger partial charge is 0.372 e. The summed E-state index contributed by atoms with van der Waals surface area (Å²) in [5.74, 6) is 0.874. The van der Waals surface area contributed by atoms with Crippen molar-refractivity contribution >= 4 is 11.9 Å². The van der Waals surface area contributed by atoms with Gasteiger partial charge >= 0.3 is 0 Å². The van der Waals surface area contributed by atoms with Gasteiger partial charge in [-0.25, -0.2) is 0 Å². The van der Waals surface area contributed by atoms with Gasteiger partial charge in [0.25, 0.3) is 5.91 Å². The fourth-order valence-corrected chi connectivity index (χ4v) is 3.08. The molecule has 6 nitrogen and oxygen atoms in total. The van der Waals surface area contributed by atoms with Gasteiger partial charge in [-0.1, -0.05) is 25.5 Å². The van der Waals surface area contributed by atoms with Crippen LogP contribution in [0.3, 0.4) is 0 Å². The standard InChI is InChI=1S/C20H32N4O2/c1-5-6-11-22-20(21-4)23-12-17-7-9-18(10-8-17)19(25)24-13-15(2)26-16(3)14-24/h7-10,15-16H,5-6,11-14H2,1-4H3,(H2,21,22,23). The smallest absolute Gasteiger partial charge is 0.254 e. The number of carbonyl (C=O) groups is 1. The number of ether oxygens (including phenoxy) is 1. The van der Waals surface area contributed by atoms with Gasteiger partial charge in [0.15, 0.2) is 5.96 Å². The van der Waals surface area contributed by atoms with Crippen molar-refractivity contribution in [3.63, 3.8) is 0 Å². The summed E-state index contributed by atoms with van der Waals surface area (Å²) in [5.41, 5.74) is 1.84. The van der Waals surface area contributed by atoms with Crippen molar-refractivity contribution in [3.8, 4) is 0 Å². The molecule has 0 radical (unpaired) electrons. The van der Waals surface area contributed by atoms with Crippen molar-refractivity contribution in [2.24, 2.45) is 4.99 Å². The number of aliphatic imine (C=N–C) groups is 1. The molecule has 0 bridgehead atoms. The minimum Gasteiger partial charge on any atom is -0.372 e. The Kier molecular flexibility index (Phi) is 7.91. The molecule has 1 fully saturated rings. The number of rotatable bonds is 6. The van der Waals surface area contributed by atoms with Gasteiger partial charge in [0.1, 0.15) is 0 Å². The third-order valence-electron chi connectivity index (χ3n) is 4.41. The van der Waals surface area contributed by atoms with Gasteiger partial charge < -0.3 is 20.3 Å². The molecule has 2 N–H and O–H groups in total. The van der Waals surface area contributed by atoms with Gasteiger partial charge in [-0.05, 0) is 38.0 Å². The van der Waals surface area contributed by atoms with Gasteiger partial charge in [0.05, 0.1) is 12.2 Å². The van der Waals surface area contributed by atoms with Crippen LogP contribution in [-0.2, 0) is 11.3 Å². The van der Waals surface area contributed by atoms with E-state index in [2.05, 4.69) is 22.5 Å². The maximum Gasteiger partial charge on any atom is 0.254 e. The van der Waals surface area contributed by atoms with Gasteiger partial charge in [-0.2, -0.15) is 0 Å². The van der Waals surface area contributed by atoms with Gasteiger partial charge in [0, 0.05) is 38.8 Å². The first kappa shape index (κ1) is 20.2. The molecular formula is C20H32N4O2. The zero-order valence-electron chi connectivity index (χ0n) is 16.4. The normalized spacial score (nSPS) is 20.8. The predicted molar refractivity (Wildman–Crippen MR) is 105 cm³/mol. The van der Waals surface area contributed by atoms with E-state index in [4.69, 9.17) is 4.74 Å². The summed E-state index contributed by atoms with van der Waals surface area (Å²) in [6.45, 7) is 9.06. The van der Waals surface area contributed by atoms with Crippen LogP contribution in [0.15, 0.2) is 29.3 Å². The number of benzene rings is 1. The number of guanidine groups is 1. The Bertz CT molecular complexity index is 590. The molecule has 0 spiro atoms. The molecule has 1 aromatic carbocycles. The van der Waals surface area contributed by atoms with Crippen LogP contribution in [0.1, 0.15) is 49.5 Å². The highest BCUT2D eigenvalue weighted by Crippen LogP contribution is 2.15. The third-order valence-corrected chi connectivity index (χ3v) is 4.41. The highest BCUT2D eigenvalue weighted by molar-refractivity contribution is 5.94. The summed E-state index contributed by atoms with van der Waals surface area (Å²) in [7, 11) is 1.77. The van der Waals surface area contributed by atoms with E-state index in [1.807, 2.05) is 43.0 Å². The summed E-state index contributed by atoms with van der Waals surface area (Å²) in [5, 5.41) is 6.58. The molecule has 6 heteroatoms. The van der Waals surface area contributed by atoms with Crippen molar-refractivity contribution in [2.75, 3.05) is 26.7 Å². The molecule has 2 unspecified atom stereocenters. The van der Waals surface area contributed by atoms with Crippen molar-refractivity contribution in [1.82, 2.24) is 15.5 Å². The lowest BCUT2D eigenvalue weighted by Gasteiger charge is -2.35. The Hall–Kier alpha value is -2.08. The molecule has 0 aliphatic carbocycles. The Morgan fingerprint density at radius 1 is 1.19 bits per heavy atom. The molecule has 1 aliphatic rings. The maximum atomic E-state index is 12.7. The van der Waals surface area contributed by atoms with E-state index in [0.29, 0.717) is 19.6 Å². The van der Waals surface area contributed by atoms with E-state index in [-0.39, 0.29) is 18.1 Å². The van der Waals surface area contributed by atoms with Crippen molar-refractivity contribution < 1.29 is 9.53 Å². The lowest BCUT2D eigenvalue weighted by atomic mass is 10.1. The average Bonchev–Trinajstić information content (AvgIpc) is 2.63. The number of amides is 1. The summed E-state index contributed by atoms with van der Waals surface area (Å²) >= 11 is 0. The number of nitrogens with zero attached hydrogens (tertiary/aromatic N) is 2. The summed E-state index contributed by atoms with van der Waals surface area (Å²) < 4.78 is 5.70. The lowest BCUT2D eigenvalue weighted by Crippen LogP contribution is -2.48. The highest BCUT2D eigenvalue weighted by Gasteiger charge is 2.26. The summed E-state index contributed by atoms with van der Waals surface area (Å²) in [6, 6.07) is 7.79. The van der Waals surface area contributed by atoms with E-state index in [9.17, 15) is 4.79 Å². The number of hydrogen-bond acceptors (Lipinski definition) is 3. The minimum atomic E-state index is 0.0727. The molecule has 26 heavy (non-hydrogen) atoms. The van der Waals surface area contributed by atoms with Crippen molar-refractivity contribution in [3.05, 3.63) is 35.4 Å². The predicted octanol–water partition coefficient (Wildman–Crippen LogP) is 2.40. The van der Waals surface area contributed by atoms with Crippen molar-refractivity contribution in [2.45, 2.75) is 52.4 Å². The van der Waals surface area contributed by atoms with Crippen LogP contribution in [0.25, 0.3) is 0 Å². The topological polar surface area (TPSA) is 66.0 Å². The molecule has 1 aliphatic heterocycles. The van der Waals surface area contributed by atoms with Crippen LogP contribution in [-0.4, -0.2) is 55.7 Å². The molecular weight excluding hydrogens is 328 g/mol. The Labute approximate surface area is 157 Å². The zero-order valence-corrected chi connectivity index (χ0v) is 16.4. The van der Waals surface area contributed by atoms with E-state index in [1.165, 1.54) is 0 Å². The number of nitrogens with one attached hydrogen (secondary N) is 2. The fourth-order valence-electron chi connectivity index (χ4n) is 3.08. The fraction of sp³-hybridized carbons (Fsp3) is 0.600. The van der Waals surface area contributed by atoms with Crippen LogP contribution in [0.4, 0.5) is 0 Å². The second-order valence-corrected chi connectivity index (χ2v) is 6.87. The first-order valence-electron chi connectivity index (χ1n) is 9.51. The number of carbonyl (C=O) groups excluding carboxylic acids is 1. The second-order valence-electron chi connectivity index (χ2n) is 6.87. The molecule has 1 saturated heterocycles. The van der Waals surface area contributed by atoms with Gasteiger partial charge in [-0.15, -0.1) is 0 Å². The number of hydrogen-bond donors (Lipinski definition) is 2. The SMILES string of the molecule is CCCCNC(=NC)NCc1ccc(C(=O)N2CC(C)OC(C)C2)cc1. The summed E-state index contributed by atoms with van der Waals surface area (Å²) in [6.07, 6.45) is 2.44. The lowest BCUT2D eigenvalue weighted by molar-refractivity contribution is -0.0586. The molecule has 1 heterocycles. The van der Waals surface area contributed by atoms with Crippen LogP contribution >= 0.6 is 0 Å². The first-order valence-corrected chi connectivity index (χ1v) is 9.51. The van der Waals surface area contributed by atoms with Crippen molar-refractivity contribution in [1.29, 1.82) is 0 Å². The van der Waals surface area contributed by atoms with E-state index < -0.39 is 0 Å². The molecule has 1 amide bonds. The van der Waals surface area contributed by atoms with Crippen LogP contribution in [0.2, 0.25) is 0 Å². The van der Waals surface area contributed by atoms with Crippen LogP contribution < -0.4 is 10.6 Å². The molecule has 2 rings (SSSR count). The third kappa shape index (κ3) is 6.02.